The maximum absolute atomic E-state index is 12.0. The van der Waals surface area contributed by atoms with E-state index in [1.54, 1.807) is 0 Å². The van der Waals surface area contributed by atoms with Crippen LogP contribution < -0.4 is 0 Å². The molecule has 1 saturated heterocycles. The Labute approximate surface area is 181 Å². The highest BCUT2D eigenvalue weighted by Gasteiger charge is 2.41. The summed E-state index contributed by atoms with van der Waals surface area (Å²) < 4.78 is 0. The molecule has 0 atom stereocenters. The minimum absolute atomic E-state index is 0.210. The predicted molar refractivity (Wildman–Crippen MR) is 124 cm³/mol. The van der Waals surface area contributed by atoms with Gasteiger partial charge in [-0.15, -0.1) is 0 Å². The molecule has 1 N–H and O–H groups in total. The van der Waals surface area contributed by atoms with Gasteiger partial charge in [0.1, 0.15) is 5.60 Å². The lowest BCUT2D eigenvalue weighted by Crippen LogP contribution is -2.44. The molecule has 3 aromatic carbocycles. The average Bonchev–Trinajstić information content (AvgIpc) is 2.80. The SMILES string of the molecule is CC(C)c1ccc(CN2CCC(C(O)(c3ccccc3)c3ccccc3)CC2)cc1. The van der Waals surface area contributed by atoms with Gasteiger partial charge >= 0.3 is 0 Å². The van der Waals surface area contributed by atoms with E-state index in [9.17, 15) is 5.11 Å². The van der Waals surface area contributed by atoms with Gasteiger partial charge in [-0.3, -0.25) is 4.90 Å². The molecule has 2 nitrogen and oxygen atoms in total. The Kier molecular flexibility index (Phi) is 6.36. The first kappa shape index (κ1) is 20.8. The van der Waals surface area contributed by atoms with Crippen LogP contribution in [0.2, 0.25) is 0 Å². The van der Waals surface area contributed by atoms with Crippen LogP contribution in [0.15, 0.2) is 84.9 Å². The molecule has 0 spiro atoms. The number of hydrogen-bond donors (Lipinski definition) is 1. The fourth-order valence-corrected chi connectivity index (χ4v) is 4.80. The molecule has 0 unspecified atom stereocenters. The molecule has 2 heteroatoms. The average molecular weight is 400 g/mol. The minimum atomic E-state index is -0.937. The molecule has 0 aromatic heterocycles. The molecule has 0 amide bonds. The lowest BCUT2D eigenvalue weighted by atomic mass is 9.72. The molecule has 0 aliphatic carbocycles. The summed E-state index contributed by atoms with van der Waals surface area (Å²) >= 11 is 0. The molecule has 156 valence electrons. The summed E-state index contributed by atoms with van der Waals surface area (Å²) in [7, 11) is 0. The number of hydrogen-bond acceptors (Lipinski definition) is 2. The molecule has 30 heavy (non-hydrogen) atoms. The number of benzene rings is 3. The van der Waals surface area contributed by atoms with Crippen molar-refractivity contribution in [1.29, 1.82) is 0 Å². The summed E-state index contributed by atoms with van der Waals surface area (Å²) in [5.74, 6) is 0.783. The molecule has 0 radical (unpaired) electrons. The van der Waals surface area contributed by atoms with Crippen LogP contribution in [0.4, 0.5) is 0 Å². The monoisotopic (exact) mass is 399 g/mol. The van der Waals surface area contributed by atoms with Crippen molar-refractivity contribution in [2.24, 2.45) is 5.92 Å². The van der Waals surface area contributed by atoms with E-state index in [1.165, 1.54) is 11.1 Å². The summed E-state index contributed by atoms with van der Waals surface area (Å²) in [6.45, 7) is 7.48. The highest BCUT2D eigenvalue weighted by atomic mass is 16.3. The molecule has 1 aliphatic rings. The van der Waals surface area contributed by atoms with Crippen molar-refractivity contribution in [3.63, 3.8) is 0 Å². The summed E-state index contributed by atoms with van der Waals surface area (Å²) in [6.07, 6.45) is 1.98. The lowest BCUT2D eigenvalue weighted by molar-refractivity contribution is -0.0152. The van der Waals surface area contributed by atoms with Gasteiger partial charge in [0.15, 0.2) is 0 Å². The molecular weight excluding hydrogens is 366 g/mol. The maximum atomic E-state index is 12.0. The van der Waals surface area contributed by atoms with Gasteiger partial charge in [0.2, 0.25) is 0 Å². The predicted octanol–water partition coefficient (Wildman–Crippen LogP) is 5.96. The van der Waals surface area contributed by atoms with Crippen molar-refractivity contribution in [2.45, 2.75) is 44.8 Å². The van der Waals surface area contributed by atoms with Gasteiger partial charge in [0.25, 0.3) is 0 Å². The third-order valence-electron chi connectivity index (χ3n) is 6.66. The van der Waals surface area contributed by atoms with E-state index >= 15 is 0 Å². The first-order chi connectivity index (χ1) is 14.6. The smallest absolute Gasteiger partial charge is 0.117 e. The molecular formula is C28H33NO. The van der Waals surface area contributed by atoms with Crippen molar-refractivity contribution < 1.29 is 5.11 Å². The van der Waals surface area contributed by atoms with E-state index in [1.807, 2.05) is 36.4 Å². The second-order valence-electron chi connectivity index (χ2n) is 8.95. The van der Waals surface area contributed by atoms with Gasteiger partial charge in [0.05, 0.1) is 0 Å². The molecule has 1 aliphatic heterocycles. The molecule has 0 bridgehead atoms. The van der Waals surface area contributed by atoms with Crippen LogP contribution in [0.1, 0.15) is 54.9 Å². The highest BCUT2D eigenvalue weighted by Crippen LogP contribution is 2.42. The van der Waals surface area contributed by atoms with Crippen LogP contribution in [-0.2, 0) is 12.1 Å². The van der Waals surface area contributed by atoms with Crippen LogP contribution in [0, 0.1) is 5.92 Å². The summed E-state index contributed by atoms with van der Waals surface area (Å²) in [6, 6.07) is 29.5. The lowest BCUT2D eigenvalue weighted by Gasteiger charge is -2.42. The quantitative estimate of drug-likeness (QED) is 0.553. The number of rotatable bonds is 6. The molecule has 1 fully saturated rings. The summed E-state index contributed by atoms with van der Waals surface area (Å²) in [4.78, 5) is 2.53. The Hall–Kier alpha value is -2.42. The van der Waals surface area contributed by atoms with Crippen molar-refractivity contribution >= 4 is 0 Å². The van der Waals surface area contributed by atoms with E-state index < -0.39 is 5.60 Å². The first-order valence-corrected chi connectivity index (χ1v) is 11.2. The zero-order valence-corrected chi connectivity index (χ0v) is 18.2. The zero-order valence-electron chi connectivity index (χ0n) is 18.2. The van der Waals surface area contributed by atoms with Crippen LogP contribution in [0.5, 0.6) is 0 Å². The normalized spacial score (nSPS) is 16.1. The number of aliphatic hydroxyl groups is 1. The van der Waals surface area contributed by atoms with Crippen LogP contribution in [-0.4, -0.2) is 23.1 Å². The standard InChI is InChI=1S/C28H33NO/c1-22(2)24-15-13-23(14-16-24)21-29-19-17-27(18-20-29)28(30,25-9-5-3-6-10-25)26-11-7-4-8-12-26/h3-16,22,27,30H,17-21H2,1-2H3. The van der Waals surface area contributed by atoms with Crippen LogP contribution in [0.3, 0.4) is 0 Å². The molecule has 1 heterocycles. The van der Waals surface area contributed by atoms with Gasteiger partial charge in [-0.25, -0.2) is 0 Å². The van der Waals surface area contributed by atoms with E-state index in [-0.39, 0.29) is 5.92 Å². The first-order valence-electron chi connectivity index (χ1n) is 11.2. The third kappa shape index (κ3) is 4.35. The van der Waals surface area contributed by atoms with Crippen molar-refractivity contribution in [3.8, 4) is 0 Å². The Bertz CT molecular complexity index is 870. The fraction of sp³-hybridized carbons (Fsp3) is 0.357. The summed E-state index contributed by atoms with van der Waals surface area (Å²) in [5, 5.41) is 12.0. The number of piperidine rings is 1. The molecule has 0 saturated carbocycles. The Morgan fingerprint density at radius 1 is 0.800 bits per heavy atom. The maximum Gasteiger partial charge on any atom is 0.117 e. The molecule has 4 rings (SSSR count). The zero-order chi connectivity index (χ0) is 21.0. The largest absolute Gasteiger partial charge is 0.380 e. The second-order valence-corrected chi connectivity index (χ2v) is 8.95. The van der Waals surface area contributed by atoms with E-state index in [2.05, 4.69) is 67.3 Å². The second kappa shape index (κ2) is 9.16. The van der Waals surface area contributed by atoms with Gasteiger partial charge in [-0.05, 0) is 60.0 Å². The summed E-state index contributed by atoms with van der Waals surface area (Å²) in [5.41, 5.74) is 3.83. The number of nitrogens with zero attached hydrogens (tertiary/aromatic N) is 1. The third-order valence-corrected chi connectivity index (χ3v) is 6.66. The minimum Gasteiger partial charge on any atom is -0.380 e. The van der Waals surface area contributed by atoms with E-state index in [0.29, 0.717) is 5.92 Å². The highest BCUT2D eigenvalue weighted by molar-refractivity contribution is 5.37. The Morgan fingerprint density at radius 3 is 1.77 bits per heavy atom. The van der Waals surface area contributed by atoms with Crippen molar-refractivity contribution in [1.82, 2.24) is 4.90 Å². The van der Waals surface area contributed by atoms with Crippen molar-refractivity contribution in [3.05, 3.63) is 107 Å². The Balaban J connectivity index is 1.48. The van der Waals surface area contributed by atoms with Gasteiger partial charge in [-0.1, -0.05) is 98.8 Å². The van der Waals surface area contributed by atoms with Crippen LogP contribution >= 0.6 is 0 Å². The number of likely N-dealkylation sites (tertiary alicyclic amines) is 1. The van der Waals surface area contributed by atoms with Gasteiger partial charge < -0.3 is 5.11 Å². The van der Waals surface area contributed by atoms with Gasteiger partial charge in [0, 0.05) is 6.54 Å². The van der Waals surface area contributed by atoms with Crippen molar-refractivity contribution in [2.75, 3.05) is 13.1 Å². The van der Waals surface area contributed by atoms with Crippen LogP contribution in [0.25, 0.3) is 0 Å². The molecule has 3 aromatic rings. The van der Waals surface area contributed by atoms with E-state index in [0.717, 1.165) is 43.6 Å². The fourth-order valence-electron chi connectivity index (χ4n) is 4.80. The topological polar surface area (TPSA) is 23.5 Å². The van der Waals surface area contributed by atoms with E-state index in [4.69, 9.17) is 0 Å². The van der Waals surface area contributed by atoms with Gasteiger partial charge in [-0.2, -0.15) is 0 Å². The Morgan fingerprint density at radius 2 is 1.30 bits per heavy atom.